The van der Waals surface area contributed by atoms with Gasteiger partial charge in [0.2, 0.25) is 5.91 Å². The topological polar surface area (TPSA) is 58.2 Å². The van der Waals surface area contributed by atoms with Gasteiger partial charge in [0.05, 0.1) is 6.42 Å². The van der Waals surface area contributed by atoms with Gasteiger partial charge in [0.25, 0.3) is 5.91 Å². The first-order valence-corrected chi connectivity index (χ1v) is 10.3. The normalized spacial score (nSPS) is 10.7. The predicted molar refractivity (Wildman–Crippen MR) is 123 cm³/mol. The van der Waals surface area contributed by atoms with Gasteiger partial charge in [-0.05, 0) is 60.2 Å². The Bertz CT molecular complexity index is 1010. The molecule has 3 aromatic rings. The van der Waals surface area contributed by atoms with Gasteiger partial charge in [0.1, 0.15) is 0 Å². The van der Waals surface area contributed by atoms with Gasteiger partial charge in [-0.25, -0.2) is 0 Å². The average molecular weight is 401 g/mol. The van der Waals surface area contributed by atoms with Crippen molar-refractivity contribution in [3.63, 3.8) is 0 Å². The van der Waals surface area contributed by atoms with Crippen molar-refractivity contribution in [2.45, 2.75) is 33.6 Å². The van der Waals surface area contributed by atoms with Crippen LogP contribution in [0.4, 0.5) is 11.4 Å². The van der Waals surface area contributed by atoms with Gasteiger partial charge in [-0.3, -0.25) is 9.59 Å². The molecule has 0 saturated heterocycles. The minimum atomic E-state index is -0.199. The first kappa shape index (κ1) is 21.3. The lowest BCUT2D eigenvalue weighted by atomic mass is 10.0. The maximum Gasteiger partial charge on any atom is 0.256 e. The number of benzene rings is 3. The number of rotatable bonds is 7. The first-order valence-electron chi connectivity index (χ1n) is 10.3. The molecule has 0 aliphatic heterocycles. The molecule has 4 nitrogen and oxygen atoms in total. The van der Waals surface area contributed by atoms with E-state index in [0.717, 1.165) is 23.2 Å². The summed E-state index contributed by atoms with van der Waals surface area (Å²) in [7, 11) is 0. The maximum absolute atomic E-state index is 12.6. The number of para-hydroxylation sites is 1. The van der Waals surface area contributed by atoms with E-state index in [1.165, 1.54) is 5.56 Å². The van der Waals surface area contributed by atoms with E-state index in [1.54, 1.807) is 12.1 Å². The SMILES string of the molecule is Cc1c(NC(=O)Cc2ccc(CC(C)C)cc2)cccc1C(=O)Nc1ccccc1. The minimum Gasteiger partial charge on any atom is -0.326 e. The van der Waals surface area contributed by atoms with Crippen molar-refractivity contribution in [3.05, 3.63) is 95.1 Å². The summed E-state index contributed by atoms with van der Waals surface area (Å²) < 4.78 is 0. The molecule has 0 spiro atoms. The van der Waals surface area contributed by atoms with Crippen molar-refractivity contribution in [1.29, 1.82) is 0 Å². The smallest absolute Gasteiger partial charge is 0.256 e. The summed E-state index contributed by atoms with van der Waals surface area (Å²) in [5.74, 6) is 0.305. The summed E-state index contributed by atoms with van der Waals surface area (Å²) in [6.07, 6.45) is 1.32. The van der Waals surface area contributed by atoms with Crippen molar-refractivity contribution in [3.8, 4) is 0 Å². The standard InChI is InChI=1S/C26H28N2O2/c1-18(2)16-20-12-14-21(15-13-20)17-25(29)28-24-11-7-10-23(19(24)3)26(30)27-22-8-5-4-6-9-22/h4-15,18H,16-17H2,1-3H3,(H,27,30)(H,28,29). The third-order valence-electron chi connectivity index (χ3n) is 4.92. The Labute approximate surface area is 178 Å². The lowest BCUT2D eigenvalue weighted by Crippen LogP contribution is -2.18. The van der Waals surface area contributed by atoms with E-state index in [9.17, 15) is 9.59 Å². The largest absolute Gasteiger partial charge is 0.326 e. The molecule has 2 N–H and O–H groups in total. The number of amides is 2. The number of hydrogen-bond donors (Lipinski definition) is 2. The van der Waals surface area contributed by atoms with Crippen LogP contribution in [-0.4, -0.2) is 11.8 Å². The van der Waals surface area contributed by atoms with Gasteiger partial charge in [-0.1, -0.05) is 62.4 Å². The van der Waals surface area contributed by atoms with E-state index < -0.39 is 0 Å². The van der Waals surface area contributed by atoms with Crippen LogP contribution >= 0.6 is 0 Å². The molecule has 0 radical (unpaired) electrons. The quantitative estimate of drug-likeness (QED) is 0.540. The van der Waals surface area contributed by atoms with E-state index in [0.29, 0.717) is 23.6 Å². The van der Waals surface area contributed by atoms with Crippen LogP contribution in [0.25, 0.3) is 0 Å². The van der Waals surface area contributed by atoms with Crippen LogP contribution in [0.5, 0.6) is 0 Å². The van der Waals surface area contributed by atoms with Gasteiger partial charge in [-0.15, -0.1) is 0 Å². The fraction of sp³-hybridized carbons (Fsp3) is 0.231. The molecule has 0 saturated carbocycles. The molecule has 2 amide bonds. The molecule has 0 aliphatic rings. The average Bonchev–Trinajstić information content (AvgIpc) is 2.71. The van der Waals surface area contributed by atoms with Crippen LogP contribution in [0.3, 0.4) is 0 Å². The highest BCUT2D eigenvalue weighted by atomic mass is 16.2. The van der Waals surface area contributed by atoms with Gasteiger partial charge >= 0.3 is 0 Å². The van der Waals surface area contributed by atoms with Crippen molar-refractivity contribution in [2.75, 3.05) is 10.6 Å². The number of nitrogens with one attached hydrogen (secondary N) is 2. The van der Waals surface area contributed by atoms with Gasteiger partial charge < -0.3 is 10.6 Å². The van der Waals surface area contributed by atoms with Gasteiger partial charge in [0.15, 0.2) is 0 Å². The molecule has 0 aliphatic carbocycles. The molecule has 0 fully saturated rings. The van der Waals surface area contributed by atoms with Crippen LogP contribution in [0.2, 0.25) is 0 Å². The second-order valence-electron chi connectivity index (χ2n) is 7.94. The number of carbonyl (C=O) groups excluding carboxylic acids is 2. The molecule has 0 bridgehead atoms. The number of carbonyl (C=O) groups is 2. The Morgan fingerprint density at radius 2 is 1.47 bits per heavy atom. The molecule has 0 aromatic heterocycles. The molecule has 4 heteroatoms. The maximum atomic E-state index is 12.6. The van der Waals surface area contributed by atoms with Crippen molar-refractivity contribution < 1.29 is 9.59 Å². The highest BCUT2D eigenvalue weighted by Gasteiger charge is 2.14. The highest BCUT2D eigenvalue weighted by molar-refractivity contribution is 6.06. The molecular formula is C26H28N2O2. The minimum absolute atomic E-state index is 0.102. The summed E-state index contributed by atoms with van der Waals surface area (Å²) in [5, 5.41) is 5.83. The lowest BCUT2D eigenvalue weighted by molar-refractivity contribution is -0.115. The van der Waals surface area contributed by atoms with E-state index in [1.807, 2.05) is 55.5 Å². The molecule has 3 rings (SSSR count). The summed E-state index contributed by atoms with van der Waals surface area (Å²) in [4.78, 5) is 25.2. The van der Waals surface area contributed by atoms with Crippen LogP contribution in [0.1, 0.15) is 40.9 Å². The number of anilines is 2. The van der Waals surface area contributed by atoms with Crippen LogP contribution < -0.4 is 10.6 Å². The molecule has 0 heterocycles. The van der Waals surface area contributed by atoms with Gasteiger partial charge in [-0.2, -0.15) is 0 Å². The fourth-order valence-electron chi connectivity index (χ4n) is 3.38. The summed E-state index contributed by atoms with van der Waals surface area (Å²) in [6, 6.07) is 22.9. The highest BCUT2D eigenvalue weighted by Crippen LogP contribution is 2.21. The zero-order valence-electron chi connectivity index (χ0n) is 17.7. The molecule has 0 unspecified atom stereocenters. The Hall–Kier alpha value is -3.40. The summed E-state index contributed by atoms with van der Waals surface area (Å²) >= 11 is 0. The molecule has 0 atom stereocenters. The Kier molecular flexibility index (Phi) is 7.02. The monoisotopic (exact) mass is 400 g/mol. The predicted octanol–water partition coefficient (Wildman–Crippen LogP) is 5.63. The van der Waals surface area contributed by atoms with E-state index in [4.69, 9.17) is 0 Å². The molecular weight excluding hydrogens is 372 g/mol. The van der Waals surface area contributed by atoms with Crippen LogP contribution in [0, 0.1) is 12.8 Å². The Morgan fingerprint density at radius 1 is 0.800 bits per heavy atom. The van der Waals surface area contributed by atoms with Gasteiger partial charge in [0, 0.05) is 16.9 Å². The Balaban J connectivity index is 1.65. The second-order valence-corrected chi connectivity index (χ2v) is 7.94. The van der Waals surface area contributed by atoms with Crippen molar-refractivity contribution >= 4 is 23.2 Å². The molecule has 3 aromatic carbocycles. The van der Waals surface area contributed by atoms with E-state index in [2.05, 4.69) is 36.6 Å². The summed E-state index contributed by atoms with van der Waals surface area (Å²) in [6.45, 7) is 6.23. The third kappa shape index (κ3) is 5.80. The molecule has 30 heavy (non-hydrogen) atoms. The first-order chi connectivity index (χ1) is 14.4. The zero-order chi connectivity index (χ0) is 21.5. The van der Waals surface area contributed by atoms with Crippen molar-refractivity contribution in [1.82, 2.24) is 0 Å². The van der Waals surface area contributed by atoms with Crippen molar-refractivity contribution in [2.24, 2.45) is 5.92 Å². The van der Waals surface area contributed by atoms with Crippen LogP contribution in [-0.2, 0) is 17.6 Å². The van der Waals surface area contributed by atoms with E-state index >= 15 is 0 Å². The fourth-order valence-corrected chi connectivity index (χ4v) is 3.38. The second kappa shape index (κ2) is 9.88. The molecule has 154 valence electrons. The zero-order valence-corrected chi connectivity index (χ0v) is 17.7. The van der Waals surface area contributed by atoms with Crippen LogP contribution in [0.15, 0.2) is 72.8 Å². The Morgan fingerprint density at radius 3 is 2.13 bits per heavy atom. The summed E-state index contributed by atoms with van der Waals surface area (Å²) in [5.41, 5.74) is 4.91. The third-order valence-corrected chi connectivity index (χ3v) is 4.92. The lowest BCUT2D eigenvalue weighted by Gasteiger charge is -2.13. The van der Waals surface area contributed by atoms with E-state index in [-0.39, 0.29) is 11.8 Å². The number of hydrogen-bond acceptors (Lipinski definition) is 2.